The van der Waals surface area contributed by atoms with Gasteiger partial charge < -0.3 is 4.90 Å². The number of aromatic nitrogens is 2. The lowest BCUT2D eigenvalue weighted by atomic mass is 9.90. The maximum atomic E-state index is 4.41. The molecule has 0 spiro atoms. The highest BCUT2D eigenvalue weighted by Crippen LogP contribution is 2.29. The molecule has 2 aromatic rings. The number of anilines is 1. The summed E-state index contributed by atoms with van der Waals surface area (Å²) in [7, 11) is 0. The van der Waals surface area contributed by atoms with E-state index in [9.17, 15) is 0 Å². The molecule has 2 heterocycles. The van der Waals surface area contributed by atoms with Gasteiger partial charge in [-0.25, -0.2) is 4.98 Å². The Balaban J connectivity index is 1.78. The zero-order chi connectivity index (χ0) is 13.1. The summed E-state index contributed by atoms with van der Waals surface area (Å²) in [5.41, 5.74) is 2.79. The molecule has 1 saturated heterocycles. The van der Waals surface area contributed by atoms with Gasteiger partial charge in [0.05, 0.1) is 6.20 Å². The van der Waals surface area contributed by atoms with E-state index in [0.717, 1.165) is 18.9 Å². The Morgan fingerprint density at radius 2 is 2.21 bits per heavy atom. The molecule has 19 heavy (non-hydrogen) atoms. The monoisotopic (exact) mass is 253 g/mol. The Morgan fingerprint density at radius 3 is 3.00 bits per heavy atom. The van der Waals surface area contributed by atoms with Gasteiger partial charge in [0.2, 0.25) is 0 Å². The van der Waals surface area contributed by atoms with Gasteiger partial charge >= 0.3 is 0 Å². The molecule has 3 nitrogen and oxygen atoms in total. The Bertz CT molecular complexity index is 539. The van der Waals surface area contributed by atoms with Gasteiger partial charge in [-0.3, -0.25) is 4.98 Å². The third-order valence-corrected chi connectivity index (χ3v) is 3.81. The molecule has 0 amide bonds. The van der Waals surface area contributed by atoms with Gasteiger partial charge in [0, 0.05) is 31.4 Å². The van der Waals surface area contributed by atoms with E-state index in [1.165, 1.54) is 24.0 Å². The van der Waals surface area contributed by atoms with Crippen molar-refractivity contribution >= 4 is 5.82 Å². The molecular formula is C16H19N3. The summed E-state index contributed by atoms with van der Waals surface area (Å²) >= 11 is 0. The van der Waals surface area contributed by atoms with Crippen LogP contribution in [0.2, 0.25) is 0 Å². The molecule has 1 atom stereocenters. The van der Waals surface area contributed by atoms with Crippen LogP contribution in [0.5, 0.6) is 0 Å². The van der Waals surface area contributed by atoms with E-state index in [-0.39, 0.29) is 0 Å². The average molecular weight is 253 g/mol. The molecule has 1 aromatic heterocycles. The van der Waals surface area contributed by atoms with Crippen molar-refractivity contribution in [2.45, 2.75) is 25.7 Å². The fourth-order valence-corrected chi connectivity index (χ4v) is 2.84. The number of aryl methyl sites for hydroxylation is 1. The largest absolute Gasteiger partial charge is 0.355 e. The molecule has 1 aromatic carbocycles. The Morgan fingerprint density at radius 1 is 1.26 bits per heavy atom. The fraction of sp³-hybridized carbons (Fsp3) is 0.375. The molecule has 0 saturated carbocycles. The minimum atomic E-state index is 0.607. The molecule has 3 rings (SSSR count). The van der Waals surface area contributed by atoms with Crippen LogP contribution in [-0.2, 0) is 0 Å². The van der Waals surface area contributed by atoms with Crippen molar-refractivity contribution < 1.29 is 0 Å². The molecule has 0 bridgehead atoms. The summed E-state index contributed by atoms with van der Waals surface area (Å²) in [5.74, 6) is 1.61. The number of nitrogens with zero attached hydrogens (tertiary/aromatic N) is 3. The van der Waals surface area contributed by atoms with Crippen LogP contribution in [0.15, 0.2) is 42.9 Å². The molecule has 1 aliphatic heterocycles. The number of hydrogen-bond donors (Lipinski definition) is 0. The normalized spacial score (nSPS) is 19.4. The van der Waals surface area contributed by atoms with Crippen molar-refractivity contribution in [1.29, 1.82) is 0 Å². The van der Waals surface area contributed by atoms with Crippen LogP contribution in [0.25, 0.3) is 0 Å². The highest BCUT2D eigenvalue weighted by Gasteiger charge is 2.22. The predicted molar refractivity (Wildman–Crippen MR) is 77.4 cm³/mol. The fourth-order valence-electron chi connectivity index (χ4n) is 2.84. The lowest BCUT2D eigenvalue weighted by Gasteiger charge is -2.33. The van der Waals surface area contributed by atoms with Gasteiger partial charge in [0.15, 0.2) is 0 Å². The third-order valence-electron chi connectivity index (χ3n) is 3.81. The number of piperidine rings is 1. The summed E-state index contributed by atoms with van der Waals surface area (Å²) in [6.45, 7) is 4.29. The summed E-state index contributed by atoms with van der Waals surface area (Å²) in [5, 5.41) is 0. The second-order valence-electron chi connectivity index (χ2n) is 5.26. The minimum absolute atomic E-state index is 0.607. The highest BCUT2D eigenvalue weighted by atomic mass is 15.2. The Hall–Kier alpha value is -1.90. The van der Waals surface area contributed by atoms with E-state index in [0.29, 0.717) is 5.92 Å². The smallest absolute Gasteiger partial charge is 0.147 e. The van der Waals surface area contributed by atoms with Crippen molar-refractivity contribution in [2.75, 3.05) is 18.0 Å². The summed E-state index contributed by atoms with van der Waals surface area (Å²) in [6, 6.07) is 8.88. The third kappa shape index (κ3) is 2.75. The standard InChI is InChI=1S/C16H19N3/c1-13-4-2-5-14(10-13)15-6-3-9-19(12-15)16-11-17-7-8-18-16/h2,4-5,7-8,10-11,15H,3,6,9,12H2,1H3. The molecular weight excluding hydrogens is 234 g/mol. The topological polar surface area (TPSA) is 29.0 Å². The van der Waals surface area contributed by atoms with Crippen LogP contribution in [-0.4, -0.2) is 23.1 Å². The molecule has 0 radical (unpaired) electrons. The van der Waals surface area contributed by atoms with E-state index in [4.69, 9.17) is 0 Å². The average Bonchev–Trinajstić information content (AvgIpc) is 2.48. The van der Waals surface area contributed by atoms with Gasteiger partial charge in [-0.15, -0.1) is 0 Å². The maximum absolute atomic E-state index is 4.41. The first-order valence-corrected chi connectivity index (χ1v) is 6.90. The Kier molecular flexibility index (Phi) is 3.45. The summed E-state index contributed by atoms with van der Waals surface area (Å²) < 4.78 is 0. The van der Waals surface area contributed by atoms with E-state index in [2.05, 4.69) is 46.1 Å². The van der Waals surface area contributed by atoms with Crippen LogP contribution in [0.3, 0.4) is 0 Å². The number of hydrogen-bond acceptors (Lipinski definition) is 3. The van der Waals surface area contributed by atoms with Crippen molar-refractivity contribution in [1.82, 2.24) is 9.97 Å². The van der Waals surface area contributed by atoms with Crippen molar-refractivity contribution in [3.8, 4) is 0 Å². The first-order chi connectivity index (χ1) is 9.33. The minimum Gasteiger partial charge on any atom is -0.355 e. The maximum Gasteiger partial charge on any atom is 0.147 e. The van der Waals surface area contributed by atoms with Crippen molar-refractivity contribution in [3.63, 3.8) is 0 Å². The van der Waals surface area contributed by atoms with Crippen LogP contribution < -0.4 is 4.90 Å². The summed E-state index contributed by atoms with van der Waals surface area (Å²) in [6.07, 6.45) is 7.84. The van der Waals surface area contributed by atoms with Crippen LogP contribution in [0.4, 0.5) is 5.82 Å². The van der Waals surface area contributed by atoms with Crippen LogP contribution >= 0.6 is 0 Å². The Labute approximate surface area is 114 Å². The van der Waals surface area contributed by atoms with Gasteiger partial charge in [-0.1, -0.05) is 29.8 Å². The first-order valence-electron chi connectivity index (χ1n) is 6.90. The van der Waals surface area contributed by atoms with Gasteiger partial charge in [0.1, 0.15) is 5.82 Å². The quantitative estimate of drug-likeness (QED) is 0.823. The predicted octanol–water partition coefficient (Wildman–Crippen LogP) is 3.17. The molecule has 98 valence electrons. The van der Waals surface area contributed by atoms with Gasteiger partial charge in [0.25, 0.3) is 0 Å². The lowest BCUT2D eigenvalue weighted by molar-refractivity contribution is 0.506. The molecule has 1 unspecified atom stereocenters. The van der Waals surface area contributed by atoms with E-state index >= 15 is 0 Å². The van der Waals surface area contributed by atoms with Crippen molar-refractivity contribution in [2.24, 2.45) is 0 Å². The van der Waals surface area contributed by atoms with E-state index in [1.54, 1.807) is 12.4 Å². The van der Waals surface area contributed by atoms with E-state index < -0.39 is 0 Å². The second kappa shape index (κ2) is 5.39. The molecule has 3 heteroatoms. The number of rotatable bonds is 2. The lowest BCUT2D eigenvalue weighted by Crippen LogP contribution is -2.34. The SMILES string of the molecule is Cc1cccc(C2CCCN(c3cnccn3)C2)c1. The number of benzene rings is 1. The summed E-state index contributed by atoms with van der Waals surface area (Å²) in [4.78, 5) is 10.9. The van der Waals surface area contributed by atoms with Crippen molar-refractivity contribution in [3.05, 3.63) is 54.0 Å². The second-order valence-corrected chi connectivity index (χ2v) is 5.26. The zero-order valence-electron chi connectivity index (χ0n) is 11.3. The zero-order valence-corrected chi connectivity index (χ0v) is 11.3. The van der Waals surface area contributed by atoms with Crippen LogP contribution in [0.1, 0.15) is 29.9 Å². The van der Waals surface area contributed by atoms with Gasteiger partial charge in [-0.2, -0.15) is 0 Å². The first kappa shape index (κ1) is 12.2. The highest BCUT2D eigenvalue weighted by molar-refractivity contribution is 5.38. The molecule has 0 aliphatic carbocycles. The molecule has 1 aliphatic rings. The van der Waals surface area contributed by atoms with E-state index in [1.807, 2.05) is 6.20 Å². The van der Waals surface area contributed by atoms with Gasteiger partial charge in [-0.05, 0) is 25.3 Å². The van der Waals surface area contributed by atoms with Crippen LogP contribution in [0, 0.1) is 6.92 Å². The molecule has 1 fully saturated rings. The molecule has 0 N–H and O–H groups in total.